The second-order valence-electron chi connectivity index (χ2n) is 4.67. The Hall–Kier alpha value is -1.30. The summed E-state index contributed by atoms with van der Waals surface area (Å²) in [4.78, 5) is 16.0. The van der Waals surface area contributed by atoms with Crippen LogP contribution >= 0.6 is 24.8 Å². The molecule has 5 nitrogen and oxygen atoms in total. The lowest BCUT2D eigenvalue weighted by Gasteiger charge is -2.11. The molecule has 2 aromatic rings. The van der Waals surface area contributed by atoms with Crippen molar-refractivity contribution >= 4 is 41.8 Å². The average molecular weight is 333 g/mol. The molecular formula is C14H22Cl2N4O. The van der Waals surface area contributed by atoms with Crippen molar-refractivity contribution in [2.75, 3.05) is 13.6 Å². The number of imidazole rings is 1. The molecular weight excluding hydrogens is 311 g/mol. The van der Waals surface area contributed by atoms with Crippen LogP contribution in [0, 0.1) is 0 Å². The maximum atomic E-state index is 11.7. The van der Waals surface area contributed by atoms with E-state index in [-0.39, 0.29) is 36.8 Å². The first-order valence-electron chi connectivity index (χ1n) is 6.54. The van der Waals surface area contributed by atoms with Gasteiger partial charge in [0.25, 0.3) is 0 Å². The van der Waals surface area contributed by atoms with Crippen molar-refractivity contribution in [1.29, 1.82) is 0 Å². The zero-order chi connectivity index (χ0) is 13.7. The topological polar surface area (TPSA) is 58.9 Å². The number of nitrogens with one attached hydrogen (secondary N) is 2. The molecule has 0 saturated heterocycles. The molecule has 2 N–H and O–H groups in total. The van der Waals surface area contributed by atoms with Crippen molar-refractivity contribution in [2.45, 2.75) is 25.9 Å². The van der Waals surface area contributed by atoms with Gasteiger partial charge in [-0.2, -0.15) is 0 Å². The number of likely N-dealkylation sites (N-methyl/N-ethyl adjacent to an activating group) is 1. The number of benzene rings is 1. The van der Waals surface area contributed by atoms with Crippen LogP contribution in [0.1, 0.15) is 13.3 Å². The van der Waals surface area contributed by atoms with Crippen molar-refractivity contribution in [2.24, 2.45) is 0 Å². The van der Waals surface area contributed by atoms with Crippen LogP contribution in [0.25, 0.3) is 11.0 Å². The molecule has 0 spiro atoms. The molecule has 0 fully saturated rings. The van der Waals surface area contributed by atoms with E-state index in [1.807, 2.05) is 42.8 Å². The fourth-order valence-electron chi connectivity index (χ4n) is 1.87. The van der Waals surface area contributed by atoms with Gasteiger partial charge in [-0.1, -0.05) is 12.1 Å². The van der Waals surface area contributed by atoms with Gasteiger partial charge >= 0.3 is 0 Å². The summed E-state index contributed by atoms with van der Waals surface area (Å²) in [5, 5.41) is 5.99. The summed E-state index contributed by atoms with van der Waals surface area (Å²) in [7, 11) is 1.88. The smallest absolute Gasteiger partial charge is 0.221 e. The molecule has 0 aliphatic rings. The Morgan fingerprint density at radius 3 is 2.76 bits per heavy atom. The summed E-state index contributed by atoms with van der Waals surface area (Å²) in [6, 6.07) is 8.22. The standard InChI is InChI=1S/C14H20N4O.2ClH/c1-11(15-2)9-16-14(19)7-8-18-10-17-12-5-3-4-6-13(12)18;;/h3-6,10-11,15H,7-9H2,1-2H3,(H,16,19);2*1H. The second kappa shape index (κ2) is 9.60. The van der Waals surface area contributed by atoms with Gasteiger partial charge < -0.3 is 15.2 Å². The fraction of sp³-hybridized carbons (Fsp3) is 0.429. The molecule has 1 aromatic carbocycles. The molecule has 1 heterocycles. The van der Waals surface area contributed by atoms with Crippen LogP contribution in [0.4, 0.5) is 0 Å². The third-order valence-corrected chi connectivity index (χ3v) is 3.21. The van der Waals surface area contributed by atoms with Crippen LogP contribution in [0.3, 0.4) is 0 Å². The predicted octanol–water partition coefficient (Wildman–Crippen LogP) is 1.99. The Bertz CT molecular complexity index is 559. The normalized spacial score (nSPS) is 11.3. The van der Waals surface area contributed by atoms with E-state index in [0.29, 0.717) is 19.5 Å². The van der Waals surface area contributed by atoms with Crippen LogP contribution in [0.15, 0.2) is 30.6 Å². The number of hydrogen-bond acceptors (Lipinski definition) is 3. The van der Waals surface area contributed by atoms with Crippen LogP contribution < -0.4 is 10.6 Å². The number of nitrogens with zero attached hydrogens (tertiary/aromatic N) is 2. The van der Waals surface area contributed by atoms with Gasteiger partial charge in [-0.3, -0.25) is 4.79 Å². The van der Waals surface area contributed by atoms with Gasteiger partial charge in [-0.25, -0.2) is 4.98 Å². The average Bonchev–Trinajstić information content (AvgIpc) is 2.85. The number of carbonyl (C=O) groups is 1. The van der Waals surface area contributed by atoms with Crippen molar-refractivity contribution in [3.05, 3.63) is 30.6 Å². The Labute approximate surface area is 137 Å². The number of halogens is 2. The van der Waals surface area contributed by atoms with E-state index < -0.39 is 0 Å². The van der Waals surface area contributed by atoms with Crippen LogP contribution in [0.5, 0.6) is 0 Å². The highest BCUT2D eigenvalue weighted by atomic mass is 35.5. The number of fused-ring (bicyclic) bond motifs is 1. The third kappa shape index (κ3) is 5.53. The molecule has 2 rings (SSSR count). The van der Waals surface area contributed by atoms with Crippen molar-refractivity contribution in [3.8, 4) is 0 Å². The summed E-state index contributed by atoms with van der Waals surface area (Å²) < 4.78 is 2.01. The van der Waals surface area contributed by atoms with E-state index in [1.165, 1.54) is 0 Å². The first kappa shape index (κ1) is 19.7. The van der Waals surface area contributed by atoms with E-state index >= 15 is 0 Å². The number of rotatable bonds is 6. The summed E-state index contributed by atoms with van der Waals surface area (Å²) in [5.74, 6) is 0.0693. The highest BCUT2D eigenvalue weighted by Crippen LogP contribution is 2.11. The number of aromatic nitrogens is 2. The molecule has 1 atom stereocenters. The Morgan fingerprint density at radius 2 is 2.05 bits per heavy atom. The van der Waals surface area contributed by atoms with Crippen molar-refractivity contribution in [1.82, 2.24) is 20.2 Å². The Balaban J connectivity index is 0.00000200. The summed E-state index contributed by atoms with van der Waals surface area (Å²) in [5.41, 5.74) is 2.03. The number of amides is 1. The molecule has 118 valence electrons. The van der Waals surface area contributed by atoms with E-state index in [1.54, 1.807) is 6.33 Å². The van der Waals surface area contributed by atoms with E-state index in [9.17, 15) is 4.79 Å². The SMILES string of the molecule is CNC(C)CNC(=O)CCn1cnc2ccccc21.Cl.Cl. The zero-order valence-electron chi connectivity index (χ0n) is 12.2. The van der Waals surface area contributed by atoms with Gasteiger partial charge in [0, 0.05) is 25.6 Å². The highest BCUT2D eigenvalue weighted by Gasteiger charge is 2.06. The maximum Gasteiger partial charge on any atom is 0.221 e. The summed E-state index contributed by atoms with van der Waals surface area (Å²) >= 11 is 0. The van der Waals surface area contributed by atoms with Crippen LogP contribution in [0.2, 0.25) is 0 Å². The van der Waals surface area contributed by atoms with Gasteiger partial charge in [0.1, 0.15) is 0 Å². The minimum atomic E-state index is 0. The van der Waals surface area contributed by atoms with E-state index in [4.69, 9.17) is 0 Å². The van der Waals surface area contributed by atoms with Gasteiger partial charge in [0.15, 0.2) is 0 Å². The fourth-order valence-corrected chi connectivity index (χ4v) is 1.87. The van der Waals surface area contributed by atoms with Gasteiger partial charge in [-0.15, -0.1) is 24.8 Å². The summed E-state index contributed by atoms with van der Waals surface area (Å²) in [6.45, 7) is 3.34. The molecule has 21 heavy (non-hydrogen) atoms. The molecule has 1 unspecified atom stereocenters. The maximum absolute atomic E-state index is 11.7. The quantitative estimate of drug-likeness (QED) is 0.850. The number of carbonyl (C=O) groups excluding carboxylic acids is 1. The first-order valence-corrected chi connectivity index (χ1v) is 6.54. The molecule has 7 heteroatoms. The Morgan fingerprint density at radius 1 is 1.33 bits per heavy atom. The number of aryl methyl sites for hydroxylation is 1. The zero-order valence-corrected chi connectivity index (χ0v) is 13.8. The molecule has 0 saturated carbocycles. The molecule has 0 aliphatic carbocycles. The van der Waals surface area contributed by atoms with Gasteiger partial charge in [0.05, 0.1) is 17.4 Å². The largest absolute Gasteiger partial charge is 0.354 e. The minimum absolute atomic E-state index is 0. The predicted molar refractivity (Wildman–Crippen MR) is 90.4 cm³/mol. The summed E-state index contributed by atoms with van der Waals surface area (Å²) in [6.07, 6.45) is 2.25. The molecule has 0 radical (unpaired) electrons. The lowest BCUT2D eigenvalue weighted by atomic mass is 10.3. The highest BCUT2D eigenvalue weighted by molar-refractivity contribution is 5.85. The van der Waals surface area contributed by atoms with E-state index in [0.717, 1.165) is 11.0 Å². The third-order valence-electron chi connectivity index (χ3n) is 3.21. The van der Waals surface area contributed by atoms with Crippen molar-refractivity contribution in [3.63, 3.8) is 0 Å². The number of para-hydroxylation sites is 2. The van der Waals surface area contributed by atoms with Crippen LogP contribution in [-0.2, 0) is 11.3 Å². The van der Waals surface area contributed by atoms with Crippen molar-refractivity contribution < 1.29 is 4.79 Å². The molecule has 0 bridgehead atoms. The van der Waals surface area contributed by atoms with Gasteiger partial charge in [-0.05, 0) is 26.1 Å². The van der Waals surface area contributed by atoms with Gasteiger partial charge in [0.2, 0.25) is 5.91 Å². The first-order chi connectivity index (χ1) is 9.20. The van der Waals surface area contributed by atoms with E-state index in [2.05, 4.69) is 15.6 Å². The monoisotopic (exact) mass is 332 g/mol. The Kier molecular flexibility index (Phi) is 9.01. The molecule has 0 aliphatic heterocycles. The lowest BCUT2D eigenvalue weighted by molar-refractivity contribution is -0.121. The molecule has 1 amide bonds. The second-order valence-corrected chi connectivity index (χ2v) is 4.67. The minimum Gasteiger partial charge on any atom is -0.354 e. The molecule has 1 aromatic heterocycles. The number of hydrogen-bond donors (Lipinski definition) is 2. The van der Waals surface area contributed by atoms with Crippen LogP contribution in [-0.4, -0.2) is 35.1 Å². The lowest BCUT2D eigenvalue weighted by Crippen LogP contribution is -2.37.